The first-order chi connectivity index (χ1) is 13.0. The summed E-state index contributed by atoms with van der Waals surface area (Å²) in [6.07, 6.45) is 2.61. The van der Waals surface area contributed by atoms with Crippen LogP contribution in [0.3, 0.4) is 0 Å². The van der Waals surface area contributed by atoms with Crippen LogP contribution >= 0.6 is 11.8 Å². The molecule has 1 saturated heterocycles. The quantitative estimate of drug-likeness (QED) is 0.524. The van der Waals surface area contributed by atoms with Gasteiger partial charge in [0.15, 0.2) is 0 Å². The van der Waals surface area contributed by atoms with Crippen molar-refractivity contribution in [3.63, 3.8) is 0 Å². The van der Waals surface area contributed by atoms with E-state index < -0.39 is 6.04 Å². The molecule has 7 heteroatoms. The van der Waals surface area contributed by atoms with Crippen LogP contribution in [0.1, 0.15) is 40.0 Å². The van der Waals surface area contributed by atoms with Crippen LogP contribution in [0.4, 0.5) is 10.5 Å². The lowest BCUT2D eigenvalue weighted by Gasteiger charge is -2.29. The lowest BCUT2D eigenvalue weighted by atomic mass is 10.1. The average molecular weight is 395 g/mol. The van der Waals surface area contributed by atoms with Crippen molar-refractivity contribution in [2.45, 2.75) is 51.4 Å². The Bertz CT molecular complexity index is 638. The Balaban J connectivity index is 2.16. The number of ether oxygens (including phenoxy) is 2. The number of thioether (sulfide) groups is 1. The van der Waals surface area contributed by atoms with Gasteiger partial charge in [0.2, 0.25) is 0 Å². The van der Waals surface area contributed by atoms with E-state index in [2.05, 4.69) is 19.2 Å². The van der Waals surface area contributed by atoms with Gasteiger partial charge in [0.1, 0.15) is 11.8 Å². The fourth-order valence-electron chi connectivity index (χ4n) is 2.94. The number of para-hydroxylation sites is 2. The molecule has 2 amide bonds. The normalized spacial score (nSPS) is 19.2. The van der Waals surface area contributed by atoms with E-state index in [4.69, 9.17) is 9.47 Å². The van der Waals surface area contributed by atoms with E-state index in [9.17, 15) is 9.59 Å². The summed E-state index contributed by atoms with van der Waals surface area (Å²) in [5, 5.41) is 2.85. The number of benzene rings is 1. The number of carbonyl (C=O) groups excluding carboxylic acids is 2. The molecule has 2 atom stereocenters. The molecular weight excluding hydrogens is 364 g/mol. The molecule has 0 aromatic heterocycles. The molecule has 1 aromatic rings. The number of anilines is 1. The van der Waals surface area contributed by atoms with E-state index in [1.54, 1.807) is 35.9 Å². The number of urea groups is 1. The number of rotatable bonds is 8. The van der Waals surface area contributed by atoms with Crippen LogP contribution in [0.2, 0.25) is 0 Å². The molecular formula is C20H30N2O4S. The maximum Gasteiger partial charge on any atom is 0.329 e. The van der Waals surface area contributed by atoms with Gasteiger partial charge in [0.25, 0.3) is 0 Å². The van der Waals surface area contributed by atoms with E-state index in [-0.39, 0.29) is 17.4 Å². The van der Waals surface area contributed by atoms with Crippen molar-refractivity contribution >= 4 is 29.4 Å². The number of nitrogens with zero attached hydrogens (tertiary/aromatic N) is 1. The van der Waals surface area contributed by atoms with Gasteiger partial charge >= 0.3 is 12.0 Å². The third kappa shape index (κ3) is 5.79. The van der Waals surface area contributed by atoms with Gasteiger partial charge in [-0.05, 0) is 30.9 Å². The summed E-state index contributed by atoms with van der Waals surface area (Å²) >= 11 is 1.64. The number of nitrogens with one attached hydrogen (secondary N) is 1. The Labute approximate surface area is 166 Å². The number of esters is 1. The summed E-state index contributed by atoms with van der Waals surface area (Å²) in [5.74, 6) is 1.23. The topological polar surface area (TPSA) is 67.9 Å². The molecule has 1 fully saturated rings. The highest BCUT2D eigenvalue weighted by Crippen LogP contribution is 2.35. The van der Waals surface area contributed by atoms with Gasteiger partial charge in [-0.1, -0.05) is 39.3 Å². The number of carbonyl (C=O) groups is 2. The fraction of sp³-hybridized carbons (Fsp3) is 0.600. The number of hydrogen-bond donors (Lipinski definition) is 1. The van der Waals surface area contributed by atoms with Gasteiger partial charge in [0, 0.05) is 5.75 Å². The zero-order chi connectivity index (χ0) is 19.8. The maximum atomic E-state index is 13.1. The molecule has 2 unspecified atom stereocenters. The number of amides is 2. The Morgan fingerprint density at radius 2 is 2.07 bits per heavy atom. The number of unbranched alkanes of at least 4 members (excludes halogenated alkanes) is 1. The van der Waals surface area contributed by atoms with E-state index in [0.29, 0.717) is 29.7 Å². The average Bonchev–Trinajstić information content (AvgIpc) is 3.05. The summed E-state index contributed by atoms with van der Waals surface area (Å²) in [6.45, 7) is 6.67. The number of hydrogen-bond acceptors (Lipinski definition) is 5. The van der Waals surface area contributed by atoms with E-state index in [1.165, 1.54) is 0 Å². The van der Waals surface area contributed by atoms with Crippen molar-refractivity contribution in [2.24, 2.45) is 5.92 Å². The van der Waals surface area contributed by atoms with Crippen molar-refractivity contribution in [3.05, 3.63) is 24.3 Å². The first kappa shape index (κ1) is 21.4. The second-order valence-corrected chi connectivity index (χ2v) is 8.20. The molecule has 1 aliphatic heterocycles. The van der Waals surface area contributed by atoms with Crippen LogP contribution in [0, 0.1) is 5.92 Å². The Morgan fingerprint density at radius 1 is 1.33 bits per heavy atom. The second-order valence-electron chi connectivity index (χ2n) is 6.99. The van der Waals surface area contributed by atoms with Crippen LogP contribution in [-0.4, -0.2) is 47.8 Å². The fourth-order valence-corrected chi connectivity index (χ4v) is 4.57. The van der Waals surface area contributed by atoms with Crippen LogP contribution in [0.5, 0.6) is 5.75 Å². The number of methoxy groups -OCH3 is 1. The minimum atomic E-state index is -0.565. The molecule has 1 aromatic carbocycles. The zero-order valence-corrected chi connectivity index (χ0v) is 17.4. The summed E-state index contributed by atoms with van der Waals surface area (Å²) in [6, 6.07) is 6.38. The molecule has 1 aliphatic rings. The first-order valence-electron chi connectivity index (χ1n) is 9.48. The zero-order valence-electron chi connectivity index (χ0n) is 16.6. The standard InChI is InChI=1S/C20H30N2O4S/c1-5-6-11-26-19(23)16-13-27-18(12-14(2)3)22(16)20(24)21-15-9-7-8-10-17(15)25-4/h7-10,14,16,18H,5-6,11-13H2,1-4H3,(H,21,24). The van der Waals surface area contributed by atoms with Crippen LogP contribution < -0.4 is 10.1 Å². The van der Waals surface area contributed by atoms with E-state index in [1.807, 2.05) is 19.1 Å². The van der Waals surface area contributed by atoms with Gasteiger partial charge in [0.05, 0.1) is 24.8 Å². The first-order valence-corrected chi connectivity index (χ1v) is 10.5. The summed E-state index contributed by atoms with van der Waals surface area (Å²) in [4.78, 5) is 27.3. The molecule has 1 heterocycles. The molecule has 2 rings (SSSR count). The molecule has 150 valence electrons. The van der Waals surface area contributed by atoms with Crippen molar-refractivity contribution < 1.29 is 19.1 Å². The van der Waals surface area contributed by atoms with Gasteiger partial charge in [-0.2, -0.15) is 0 Å². The van der Waals surface area contributed by atoms with Crippen molar-refractivity contribution in [3.8, 4) is 5.75 Å². The summed E-state index contributed by atoms with van der Waals surface area (Å²) in [5.41, 5.74) is 0.586. The third-order valence-electron chi connectivity index (χ3n) is 4.36. The SMILES string of the molecule is CCCCOC(=O)C1CSC(CC(C)C)N1C(=O)Nc1ccccc1OC. The Hall–Kier alpha value is -1.89. The predicted molar refractivity (Wildman–Crippen MR) is 109 cm³/mol. The largest absolute Gasteiger partial charge is 0.495 e. The molecule has 0 saturated carbocycles. The summed E-state index contributed by atoms with van der Waals surface area (Å²) < 4.78 is 10.7. The molecule has 0 bridgehead atoms. The molecule has 6 nitrogen and oxygen atoms in total. The smallest absolute Gasteiger partial charge is 0.329 e. The molecule has 0 radical (unpaired) electrons. The van der Waals surface area contributed by atoms with E-state index >= 15 is 0 Å². The Kier molecular flexibility index (Phi) is 8.28. The van der Waals surface area contributed by atoms with Crippen LogP contribution in [0.15, 0.2) is 24.3 Å². The minimum absolute atomic E-state index is 0.0524. The minimum Gasteiger partial charge on any atom is -0.495 e. The van der Waals surface area contributed by atoms with Crippen molar-refractivity contribution in [2.75, 3.05) is 24.8 Å². The lowest BCUT2D eigenvalue weighted by molar-refractivity contribution is -0.148. The third-order valence-corrected chi connectivity index (χ3v) is 5.68. The maximum absolute atomic E-state index is 13.1. The monoisotopic (exact) mass is 394 g/mol. The van der Waals surface area contributed by atoms with Crippen molar-refractivity contribution in [1.82, 2.24) is 4.90 Å². The van der Waals surface area contributed by atoms with Crippen LogP contribution in [0.25, 0.3) is 0 Å². The van der Waals surface area contributed by atoms with E-state index in [0.717, 1.165) is 19.3 Å². The summed E-state index contributed by atoms with van der Waals surface area (Å²) in [7, 11) is 1.56. The van der Waals surface area contributed by atoms with Gasteiger partial charge in [-0.3, -0.25) is 4.90 Å². The Morgan fingerprint density at radius 3 is 2.74 bits per heavy atom. The predicted octanol–water partition coefficient (Wildman–Crippen LogP) is 4.36. The molecule has 1 N–H and O–H groups in total. The van der Waals surface area contributed by atoms with Crippen LogP contribution in [-0.2, 0) is 9.53 Å². The second kappa shape index (κ2) is 10.4. The highest BCUT2D eigenvalue weighted by molar-refractivity contribution is 8.00. The highest BCUT2D eigenvalue weighted by atomic mass is 32.2. The van der Waals surface area contributed by atoms with Crippen molar-refractivity contribution in [1.29, 1.82) is 0 Å². The van der Waals surface area contributed by atoms with Gasteiger partial charge in [-0.15, -0.1) is 11.8 Å². The molecule has 27 heavy (non-hydrogen) atoms. The van der Waals surface area contributed by atoms with Gasteiger partial charge < -0.3 is 14.8 Å². The van der Waals surface area contributed by atoms with Gasteiger partial charge in [-0.25, -0.2) is 9.59 Å². The lowest BCUT2D eigenvalue weighted by Crippen LogP contribution is -2.48. The molecule has 0 aliphatic carbocycles. The highest BCUT2D eigenvalue weighted by Gasteiger charge is 2.42. The molecule has 0 spiro atoms.